The molecule has 94 valence electrons. The van der Waals surface area contributed by atoms with Gasteiger partial charge in [-0.3, -0.25) is 0 Å². The maximum absolute atomic E-state index is 12.5. The highest BCUT2D eigenvalue weighted by Gasteiger charge is 2.47. The van der Waals surface area contributed by atoms with Crippen molar-refractivity contribution >= 4 is 10.0 Å². The minimum atomic E-state index is -3.34. The highest BCUT2D eigenvalue weighted by molar-refractivity contribution is 7.89. The van der Waals surface area contributed by atoms with Gasteiger partial charge in [0.1, 0.15) is 0 Å². The molecule has 1 aromatic rings. The molecule has 3 heterocycles. The Morgan fingerprint density at radius 2 is 2.24 bits per heavy atom. The zero-order valence-corrected chi connectivity index (χ0v) is 10.6. The molecule has 2 N–H and O–H groups in total. The number of H-pyrrole nitrogens is 1. The first-order valence-corrected chi connectivity index (χ1v) is 7.42. The predicted octanol–water partition coefficient (Wildman–Crippen LogP) is 0.386. The lowest BCUT2D eigenvalue weighted by Gasteiger charge is -2.26. The number of nitrogens with zero attached hydrogens (tertiary/aromatic N) is 1. The van der Waals surface area contributed by atoms with Crippen molar-refractivity contribution in [3.8, 4) is 0 Å². The molecule has 0 bridgehead atoms. The fourth-order valence-electron chi connectivity index (χ4n) is 3.13. The quantitative estimate of drug-likeness (QED) is 0.803. The molecule has 6 heteroatoms. The van der Waals surface area contributed by atoms with E-state index < -0.39 is 10.0 Å². The Labute approximate surface area is 101 Å². The Morgan fingerprint density at radius 1 is 1.41 bits per heavy atom. The van der Waals surface area contributed by atoms with E-state index in [1.165, 1.54) is 0 Å². The van der Waals surface area contributed by atoms with Crippen molar-refractivity contribution < 1.29 is 8.42 Å². The Kier molecular flexibility index (Phi) is 2.53. The second-order valence-electron chi connectivity index (χ2n) is 4.95. The van der Waals surface area contributed by atoms with Gasteiger partial charge < -0.3 is 10.3 Å². The maximum atomic E-state index is 12.5. The summed E-state index contributed by atoms with van der Waals surface area (Å²) in [5, 5.41) is 3.28. The van der Waals surface area contributed by atoms with Crippen LogP contribution in [0.4, 0.5) is 0 Å². The van der Waals surface area contributed by atoms with Gasteiger partial charge in [-0.1, -0.05) is 0 Å². The van der Waals surface area contributed by atoms with Crippen molar-refractivity contribution in [2.75, 3.05) is 13.1 Å². The van der Waals surface area contributed by atoms with Gasteiger partial charge >= 0.3 is 0 Å². The van der Waals surface area contributed by atoms with Crippen LogP contribution in [-0.4, -0.2) is 42.9 Å². The van der Waals surface area contributed by atoms with Crippen molar-refractivity contribution in [1.29, 1.82) is 0 Å². The van der Waals surface area contributed by atoms with Gasteiger partial charge in [0.05, 0.1) is 4.90 Å². The monoisotopic (exact) mass is 255 g/mol. The molecule has 3 rings (SSSR count). The summed E-state index contributed by atoms with van der Waals surface area (Å²) < 4.78 is 26.7. The van der Waals surface area contributed by atoms with E-state index >= 15 is 0 Å². The number of hydrogen-bond acceptors (Lipinski definition) is 3. The first-order valence-electron chi connectivity index (χ1n) is 5.98. The molecule has 0 radical (unpaired) electrons. The standard InChI is InChI=1S/C11H17N3O2S/c1-8-4-9-5-13-7-11(9)14(8)17(15,16)10-2-3-12-6-10/h2-3,6,8-9,11-13H,4-5,7H2,1H3. The molecule has 2 aliphatic heterocycles. The van der Waals surface area contributed by atoms with Crippen molar-refractivity contribution in [1.82, 2.24) is 14.6 Å². The highest BCUT2D eigenvalue weighted by Crippen LogP contribution is 2.36. The van der Waals surface area contributed by atoms with Gasteiger partial charge in [0.15, 0.2) is 0 Å². The Balaban J connectivity index is 1.98. The molecule has 1 aromatic heterocycles. The zero-order valence-electron chi connectivity index (χ0n) is 9.76. The molecular weight excluding hydrogens is 238 g/mol. The molecule has 17 heavy (non-hydrogen) atoms. The van der Waals surface area contributed by atoms with Crippen LogP contribution < -0.4 is 5.32 Å². The second kappa shape index (κ2) is 3.83. The van der Waals surface area contributed by atoms with E-state index in [2.05, 4.69) is 10.3 Å². The second-order valence-corrected chi connectivity index (χ2v) is 6.80. The Bertz CT molecular complexity index is 497. The van der Waals surface area contributed by atoms with E-state index in [1.54, 1.807) is 22.8 Å². The Hall–Kier alpha value is -0.850. The van der Waals surface area contributed by atoms with Crippen LogP contribution in [0.3, 0.4) is 0 Å². The molecule has 0 amide bonds. The first kappa shape index (κ1) is 11.3. The lowest BCUT2D eigenvalue weighted by Crippen LogP contribution is -2.42. The zero-order chi connectivity index (χ0) is 12.0. The summed E-state index contributed by atoms with van der Waals surface area (Å²) in [5.74, 6) is 0.471. The van der Waals surface area contributed by atoms with Crippen molar-refractivity contribution in [2.24, 2.45) is 5.92 Å². The van der Waals surface area contributed by atoms with Crippen LogP contribution in [0.1, 0.15) is 13.3 Å². The third-order valence-corrected chi connectivity index (χ3v) is 5.89. The SMILES string of the molecule is CC1CC2CNCC2N1S(=O)(=O)c1cc[nH]c1. The predicted molar refractivity (Wildman–Crippen MR) is 64.0 cm³/mol. The molecule has 2 aliphatic rings. The van der Waals surface area contributed by atoms with Crippen LogP contribution in [-0.2, 0) is 10.0 Å². The average molecular weight is 255 g/mol. The third kappa shape index (κ3) is 1.63. The fourth-order valence-corrected chi connectivity index (χ4v) is 5.00. The van der Waals surface area contributed by atoms with E-state index in [9.17, 15) is 8.42 Å². The van der Waals surface area contributed by atoms with Crippen LogP contribution in [0.25, 0.3) is 0 Å². The Morgan fingerprint density at radius 3 is 2.94 bits per heavy atom. The summed E-state index contributed by atoms with van der Waals surface area (Å²) in [7, 11) is -3.34. The average Bonchev–Trinajstić information content (AvgIpc) is 2.88. The van der Waals surface area contributed by atoms with Crippen LogP contribution in [0.15, 0.2) is 23.4 Å². The van der Waals surface area contributed by atoms with E-state index in [0.717, 1.165) is 19.5 Å². The normalized spacial score (nSPS) is 34.1. The molecule has 0 spiro atoms. The molecule has 3 atom stereocenters. The highest BCUT2D eigenvalue weighted by atomic mass is 32.2. The van der Waals surface area contributed by atoms with Crippen LogP contribution in [0, 0.1) is 5.92 Å². The number of aromatic nitrogens is 1. The van der Waals surface area contributed by atoms with E-state index in [4.69, 9.17) is 0 Å². The van der Waals surface area contributed by atoms with E-state index in [-0.39, 0.29) is 12.1 Å². The summed E-state index contributed by atoms with van der Waals surface area (Å²) in [6.07, 6.45) is 4.16. The molecule has 5 nitrogen and oxygen atoms in total. The molecule has 2 fully saturated rings. The van der Waals surface area contributed by atoms with Gasteiger partial charge in [0, 0.05) is 31.0 Å². The maximum Gasteiger partial charge on any atom is 0.245 e. The van der Waals surface area contributed by atoms with Gasteiger partial charge in [-0.2, -0.15) is 4.31 Å². The smallest absolute Gasteiger partial charge is 0.245 e. The van der Waals surface area contributed by atoms with Crippen molar-refractivity contribution in [3.05, 3.63) is 18.5 Å². The number of nitrogens with one attached hydrogen (secondary N) is 2. The minimum Gasteiger partial charge on any atom is -0.366 e. The number of hydrogen-bond donors (Lipinski definition) is 2. The lowest BCUT2D eigenvalue weighted by atomic mass is 10.0. The number of aromatic amines is 1. The number of rotatable bonds is 2. The van der Waals surface area contributed by atoms with Gasteiger partial charge in [-0.15, -0.1) is 0 Å². The molecule has 0 saturated carbocycles. The first-order chi connectivity index (χ1) is 8.10. The lowest BCUT2D eigenvalue weighted by molar-refractivity contribution is 0.336. The molecule has 0 aromatic carbocycles. The van der Waals surface area contributed by atoms with Gasteiger partial charge in [-0.05, 0) is 31.9 Å². The summed E-state index contributed by atoms with van der Waals surface area (Å²) in [6.45, 7) is 3.72. The molecular formula is C11H17N3O2S. The van der Waals surface area contributed by atoms with Gasteiger partial charge in [-0.25, -0.2) is 8.42 Å². The van der Waals surface area contributed by atoms with E-state index in [0.29, 0.717) is 10.8 Å². The van der Waals surface area contributed by atoms with Crippen LogP contribution in [0.2, 0.25) is 0 Å². The summed E-state index contributed by atoms with van der Waals surface area (Å²) in [5.41, 5.74) is 0. The van der Waals surface area contributed by atoms with Crippen LogP contribution in [0.5, 0.6) is 0 Å². The van der Waals surface area contributed by atoms with Crippen LogP contribution >= 0.6 is 0 Å². The minimum absolute atomic E-state index is 0.104. The van der Waals surface area contributed by atoms with Crippen molar-refractivity contribution in [3.63, 3.8) is 0 Å². The van der Waals surface area contributed by atoms with Crippen molar-refractivity contribution in [2.45, 2.75) is 30.3 Å². The summed E-state index contributed by atoms with van der Waals surface area (Å²) in [6, 6.07) is 1.86. The number of fused-ring (bicyclic) bond motifs is 1. The topological polar surface area (TPSA) is 65.2 Å². The van der Waals surface area contributed by atoms with Gasteiger partial charge in [0.2, 0.25) is 10.0 Å². The fraction of sp³-hybridized carbons (Fsp3) is 0.636. The number of sulfonamides is 1. The summed E-state index contributed by atoms with van der Waals surface area (Å²) in [4.78, 5) is 3.18. The molecule has 0 aliphatic carbocycles. The van der Waals surface area contributed by atoms with E-state index in [1.807, 2.05) is 6.92 Å². The molecule has 2 saturated heterocycles. The van der Waals surface area contributed by atoms with Gasteiger partial charge in [0.25, 0.3) is 0 Å². The molecule has 3 unspecified atom stereocenters. The summed E-state index contributed by atoms with van der Waals surface area (Å²) >= 11 is 0. The third-order valence-electron chi connectivity index (χ3n) is 3.85. The largest absolute Gasteiger partial charge is 0.366 e.